The molecule has 0 aliphatic heterocycles. The highest BCUT2D eigenvalue weighted by Gasteiger charge is 2.14. The topological polar surface area (TPSA) is 182 Å². The summed E-state index contributed by atoms with van der Waals surface area (Å²) in [4.78, 5) is 46.3. The van der Waals surface area contributed by atoms with Gasteiger partial charge in [-0.05, 0) is 32.0 Å². The normalized spacial score (nSPS) is 10.6. The van der Waals surface area contributed by atoms with Gasteiger partial charge in [0.25, 0.3) is 11.8 Å². The molecule has 0 radical (unpaired) electrons. The van der Waals surface area contributed by atoms with Crippen molar-refractivity contribution < 1.29 is 28.7 Å². The van der Waals surface area contributed by atoms with Crippen molar-refractivity contribution in [3.63, 3.8) is 0 Å². The zero-order chi connectivity index (χ0) is 23.9. The van der Waals surface area contributed by atoms with Crippen LogP contribution in [0.4, 0.5) is 21.0 Å². The van der Waals surface area contributed by atoms with E-state index >= 15 is 0 Å². The van der Waals surface area contributed by atoms with Gasteiger partial charge in [0, 0.05) is 23.8 Å². The maximum Gasteiger partial charge on any atom is 0.414 e. The molecule has 4 N–H and O–H groups in total. The molecule has 0 bridgehead atoms. The van der Waals surface area contributed by atoms with Crippen molar-refractivity contribution in [2.24, 2.45) is 0 Å². The minimum Gasteiger partial charge on any atom is -0.450 e. The fourth-order valence-electron chi connectivity index (χ4n) is 1.96. The fourth-order valence-corrected chi connectivity index (χ4v) is 1.96. The molecule has 0 spiro atoms. The van der Waals surface area contributed by atoms with E-state index in [1.165, 1.54) is 0 Å². The molecule has 0 unspecified atom stereocenters. The first kappa shape index (κ1) is 25.2. The van der Waals surface area contributed by atoms with Crippen LogP contribution in [-0.4, -0.2) is 37.2 Å². The number of rotatable bonds is 8. The summed E-state index contributed by atoms with van der Waals surface area (Å²) in [6, 6.07) is 9.69. The highest BCUT2D eigenvalue weighted by molar-refractivity contribution is 6.05. The number of carbonyl (C=O) groups is 4. The van der Waals surface area contributed by atoms with Gasteiger partial charge in [-0.25, -0.2) is 9.59 Å². The van der Waals surface area contributed by atoms with E-state index in [4.69, 9.17) is 10.5 Å². The molecule has 0 saturated heterocycles. The highest BCUT2D eigenvalue weighted by Crippen LogP contribution is 2.16. The molecule has 0 aromatic heterocycles. The number of hydrogen-bond acceptors (Lipinski definition) is 10. The molecule has 0 heterocycles. The summed E-state index contributed by atoms with van der Waals surface area (Å²) in [5, 5.41) is 27.4. The van der Waals surface area contributed by atoms with Gasteiger partial charge in [0.15, 0.2) is 0 Å². The van der Waals surface area contributed by atoms with Gasteiger partial charge < -0.3 is 20.1 Å². The fraction of sp³-hybridized carbons (Fsp3) is 0.200. The zero-order valence-corrected chi connectivity index (χ0v) is 17.2. The Bertz CT molecular complexity index is 941. The average Bonchev–Trinajstić information content (AvgIpc) is 2.75. The maximum absolute atomic E-state index is 11.9. The van der Waals surface area contributed by atoms with Gasteiger partial charge in [0.05, 0.1) is 13.2 Å². The molecule has 0 fully saturated rings. The lowest BCUT2D eigenvalue weighted by Gasteiger charge is -2.07. The molecular weight excluding hydrogens is 420 g/mol. The van der Waals surface area contributed by atoms with Crippen LogP contribution in [0.15, 0.2) is 47.8 Å². The Hall–Kier alpha value is -4.84. The standard InChI is InChI=1S/C20H20N6O6/c1-3-31-19(29)25-17(27)13(9-21)11-23-15-6-5-7-16(8-15)24-12-14(10-22)18(28)26-20(30)32-4-2/h5-8,11-12,23-24H,3-4H2,1-2H3,(H,25,27,29)(H,26,28,30)/b13-11-,14-12-. The minimum absolute atomic E-state index is 0.0647. The Morgan fingerprint density at radius 1 is 0.844 bits per heavy atom. The SMILES string of the molecule is CCOC(=O)NC(=O)/C(C#N)=C\Nc1cccc(N/C=C(/C#N)C(=O)NC(=O)OCC)c1. The monoisotopic (exact) mass is 440 g/mol. The number of anilines is 2. The van der Waals surface area contributed by atoms with Crippen molar-refractivity contribution in [3.05, 3.63) is 47.8 Å². The Balaban J connectivity index is 2.84. The lowest BCUT2D eigenvalue weighted by molar-refractivity contribution is -0.117. The van der Waals surface area contributed by atoms with E-state index in [0.717, 1.165) is 12.4 Å². The first-order chi connectivity index (χ1) is 15.3. The smallest absolute Gasteiger partial charge is 0.414 e. The first-order valence-corrected chi connectivity index (χ1v) is 9.14. The molecule has 1 aromatic rings. The van der Waals surface area contributed by atoms with Gasteiger partial charge in [-0.3, -0.25) is 20.2 Å². The molecule has 12 nitrogen and oxygen atoms in total. The van der Waals surface area contributed by atoms with Gasteiger partial charge in [-0.15, -0.1) is 0 Å². The number of nitrogens with zero attached hydrogens (tertiary/aromatic N) is 2. The second-order valence-electron chi connectivity index (χ2n) is 5.56. The Labute approximate surface area is 183 Å². The van der Waals surface area contributed by atoms with Crippen molar-refractivity contribution in [3.8, 4) is 12.1 Å². The van der Waals surface area contributed by atoms with Crippen LogP contribution in [-0.2, 0) is 19.1 Å². The second-order valence-corrected chi connectivity index (χ2v) is 5.56. The molecule has 32 heavy (non-hydrogen) atoms. The third-order valence-corrected chi connectivity index (χ3v) is 3.34. The molecule has 1 rings (SSSR count). The van der Waals surface area contributed by atoms with Crippen LogP contribution in [0.1, 0.15) is 13.8 Å². The quantitative estimate of drug-likeness (QED) is 0.344. The molecule has 0 saturated carbocycles. The molecule has 4 amide bonds. The van der Waals surface area contributed by atoms with Crippen molar-refractivity contribution in [1.29, 1.82) is 10.5 Å². The molecule has 0 atom stereocenters. The van der Waals surface area contributed by atoms with E-state index in [1.54, 1.807) is 50.3 Å². The summed E-state index contributed by atoms with van der Waals surface area (Å²) >= 11 is 0. The average molecular weight is 440 g/mol. The van der Waals surface area contributed by atoms with Gasteiger partial charge in [0.2, 0.25) is 0 Å². The van der Waals surface area contributed by atoms with Crippen molar-refractivity contribution in [1.82, 2.24) is 10.6 Å². The number of imide groups is 2. The van der Waals surface area contributed by atoms with Crippen molar-refractivity contribution in [2.75, 3.05) is 23.8 Å². The summed E-state index contributed by atoms with van der Waals surface area (Å²) in [6.45, 7) is 3.26. The van der Waals surface area contributed by atoms with Crippen LogP contribution < -0.4 is 21.3 Å². The molecule has 166 valence electrons. The third-order valence-electron chi connectivity index (χ3n) is 3.34. The zero-order valence-electron chi connectivity index (χ0n) is 17.2. The molecule has 1 aromatic carbocycles. The number of carbonyl (C=O) groups excluding carboxylic acids is 4. The van der Waals surface area contributed by atoms with Gasteiger partial charge in [-0.2, -0.15) is 10.5 Å². The van der Waals surface area contributed by atoms with E-state index in [2.05, 4.69) is 20.1 Å². The van der Waals surface area contributed by atoms with Crippen LogP contribution in [0.5, 0.6) is 0 Å². The van der Waals surface area contributed by atoms with Crippen molar-refractivity contribution in [2.45, 2.75) is 13.8 Å². The van der Waals surface area contributed by atoms with Crippen LogP contribution >= 0.6 is 0 Å². The molecular formula is C20H20N6O6. The second kappa shape index (κ2) is 13.4. The largest absolute Gasteiger partial charge is 0.450 e. The first-order valence-electron chi connectivity index (χ1n) is 9.14. The number of benzene rings is 1. The third kappa shape index (κ3) is 8.67. The number of nitrogens with one attached hydrogen (secondary N) is 4. The lowest BCUT2D eigenvalue weighted by Crippen LogP contribution is -2.32. The van der Waals surface area contributed by atoms with Gasteiger partial charge >= 0.3 is 12.2 Å². The lowest BCUT2D eigenvalue weighted by atomic mass is 10.2. The number of hydrogen-bond donors (Lipinski definition) is 4. The summed E-state index contributed by atoms with van der Waals surface area (Å²) in [5.74, 6) is -1.89. The predicted octanol–water partition coefficient (Wildman–Crippen LogP) is 1.87. The van der Waals surface area contributed by atoms with Crippen LogP contribution in [0.25, 0.3) is 0 Å². The Kier molecular flexibility index (Phi) is 10.5. The summed E-state index contributed by atoms with van der Waals surface area (Å²) < 4.78 is 9.15. The molecule has 0 aliphatic rings. The summed E-state index contributed by atoms with van der Waals surface area (Å²) in [7, 11) is 0. The molecule has 0 aliphatic carbocycles. The molecule has 12 heteroatoms. The van der Waals surface area contributed by atoms with Gasteiger partial charge in [0.1, 0.15) is 23.3 Å². The van der Waals surface area contributed by atoms with E-state index in [1.807, 2.05) is 10.6 Å². The van der Waals surface area contributed by atoms with Gasteiger partial charge in [-0.1, -0.05) is 6.07 Å². The van der Waals surface area contributed by atoms with E-state index in [0.29, 0.717) is 11.4 Å². The number of nitriles is 2. The number of ether oxygens (including phenoxy) is 2. The van der Waals surface area contributed by atoms with Crippen LogP contribution in [0, 0.1) is 22.7 Å². The van der Waals surface area contributed by atoms with Crippen molar-refractivity contribution >= 4 is 35.4 Å². The Morgan fingerprint density at radius 2 is 1.25 bits per heavy atom. The number of alkyl carbamates (subject to hydrolysis) is 2. The van der Waals surface area contributed by atoms with Crippen LogP contribution in [0.2, 0.25) is 0 Å². The highest BCUT2D eigenvalue weighted by atomic mass is 16.6. The summed E-state index contributed by atoms with van der Waals surface area (Å²) in [5.41, 5.74) is 0.126. The minimum atomic E-state index is -0.975. The number of amides is 4. The Morgan fingerprint density at radius 3 is 1.59 bits per heavy atom. The summed E-state index contributed by atoms with van der Waals surface area (Å²) in [6.07, 6.45) is 0.238. The van der Waals surface area contributed by atoms with E-state index in [-0.39, 0.29) is 24.4 Å². The van der Waals surface area contributed by atoms with E-state index < -0.39 is 24.0 Å². The van der Waals surface area contributed by atoms with Crippen LogP contribution in [0.3, 0.4) is 0 Å². The predicted molar refractivity (Wildman–Crippen MR) is 111 cm³/mol. The maximum atomic E-state index is 11.9. The van der Waals surface area contributed by atoms with E-state index in [9.17, 15) is 19.2 Å².